The van der Waals surface area contributed by atoms with E-state index < -0.39 is 0 Å². The first-order valence-electron chi connectivity index (χ1n) is 11.8. The number of benzene rings is 2. The lowest BCUT2D eigenvalue weighted by molar-refractivity contribution is -0.116. The predicted octanol–water partition coefficient (Wildman–Crippen LogP) is 7.51. The van der Waals surface area contributed by atoms with Crippen LogP contribution in [0.5, 0.6) is 0 Å². The first-order valence-corrected chi connectivity index (χ1v) is 11.8. The van der Waals surface area contributed by atoms with Crippen molar-refractivity contribution < 1.29 is 9.18 Å². The Morgan fingerprint density at radius 3 is 2.15 bits per heavy atom. The normalized spacial score (nSPS) is 14.7. The van der Waals surface area contributed by atoms with Crippen molar-refractivity contribution in [2.75, 3.05) is 18.5 Å². The summed E-state index contributed by atoms with van der Waals surface area (Å²) in [6, 6.07) is 9.21. The summed E-state index contributed by atoms with van der Waals surface area (Å²) in [5.41, 5.74) is 8.36. The Hall–Kier alpha value is -3.06. The first-order chi connectivity index (χ1) is 15.8. The third kappa shape index (κ3) is 5.70. The highest BCUT2D eigenvalue weighted by molar-refractivity contribution is 6.07. The highest BCUT2D eigenvalue weighted by atomic mass is 19.1. The number of carbonyl (C=O) groups is 1. The van der Waals surface area contributed by atoms with Crippen LogP contribution in [0.3, 0.4) is 0 Å². The van der Waals surface area contributed by atoms with E-state index in [2.05, 4.69) is 83.9 Å². The van der Waals surface area contributed by atoms with Crippen molar-refractivity contribution in [1.82, 2.24) is 4.57 Å². The second-order valence-electron chi connectivity index (χ2n) is 10.9. The number of carbonyl (C=O) groups excluding carboxylic acids is 1. The summed E-state index contributed by atoms with van der Waals surface area (Å²) in [6.45, 7) is 17.8. The van der Waals surface area contributed by atoms with Gasteiger partial charge in [-0.25, -0.2) is 4.39 Å². The summed E-state index contributed by atoms with van der Waals surface area (Å²) >= 11 is 0. The van der Waals surface area contributed by atoms with Crippen molar-refractivity contribution in [2.24, 2.45) is 5.41 Å². The molecule has 3 aromatic rings. The van der Waals surface area contributed by atoms with Crippen molar-refractivity contribution in [3.63, 3.8) is 0 Å². The molecule has 1 aromatic heterocycles. The monoisotopic (exact) mass is 462 g/mol. The molecule has 0 radical (unpaired) electrons. The number of rotatable bonds is 3. The summed E-state index contributed by atoms with van der Waals surface area (Å²) in [5.74, 6) is -0.115. The number of terminal acetylenes is 1. The average Bonchev–Trinajstić information content (AvgIpc) is 3.05. The molecule has 2 heterocycles. The lowest BCUT2D eigenvalue weighted by atomic mass is 9.88. The fourth-order valence-corrected chi connectivity index (χ4v) is 4.78. The largest absolute Gasteiger partial charge is 0.371 e. The van der Waals surface area contributed by atoms with Crippen molar-refractivity contribution in [2.45, 2.75) is 67.9 Å². The first kappa shape index (κ1) is 27.2. The molecule has 2 aromatic carbocycles. The predicted molar refractivity (Wildman–Crippen MR) is 144 cm³/mol. The van der Waals surface area contributed by atoms with Gasteiger partial charge in [0, 0.05) is 37.1 Å². The van der Waals surface area contributed by atoms with Gasteiger partial charge in [0.25, 0.3) is 0 Å². The van der Waals surface area contributed by atoms with Crippen molar-refractivity contribution in [1.29, 1.82) is 0 Å². The van der Waals surface area contributed by atoms with Crippen molar-refractivity contribution in [3.05, 3.63) is 53.0 Å². The van der Waals surface area contributed by atoms with E-state index in [1.807, 2.05) is 12.1 Å². The highest BCUT2D eigenvalue weighted by Crippen LogP contribution is 2.46. The number of nitrogens with zero attached hydrogens (tertiary/aromatic N) is 2. The molecule has 182 valence electrons. The Kier molecular flexibility index (Phi) is 8.37. The fourth-order valence-electron chi connectivity index (χ4n) is 4.78. The van der Waals surface area contributed by atoms with Crippen LogP contribution in [0.15, 0.2) is 30.3 Å². The zero-order chi connectivity index (χ0) is 26.0. The molecular formula is C30H39FN2O. The summed E-state index contributed by atoms with van der Waals surface area (Å²) in [7, 11) is 2.12. The summed E-state index contributed by atoms with van der Waals surface area (Å²) in [6.07, 6.45) is 8.38. The Labute approximate surface area is 205 Å². The lowest BCUT2D eigenvalue weighted by Crippen LogP contribution is -2.32. The molecule has 0 N–H and O–H groups in total. The van der Waals surface area contributed by atoms with Crippen LogP contribution in [0, 0.1) is 37.9 Å². The molecule has 0 aliphatic carbocycles. The number of hydrogen-bond acceptors (Lipinski definition) is 2. The summed E-state index contributed by atoms with van der Waals surface area (Å²) in [4.78, 5) is 14.4. The van der Waals surface area contributed by atoms with E-state index in [1.165, 1.54) is 29.0 Å². The van der Waals surface area contributed by atoms with Crippen molar-refractivity contribution >= 4 is 22.4 Å². The number of ketones is 1. The molecule has 34 heavy (non-hydrogen) atoms. The SMILES string of the molecule is C#C.CC(=O)Cc1c(C)c2c3c(cc(C)n3C(C)CN2C)c1-c1ccc(F)cc1.CC(C)(C)C. The molecule has 1 aliphatic heterocycles. The zero-order valence-electron chi connectivity index (χ0n) is 22.2. The van der Waals surface area contributed by atoms with Crippen LogP contribution in [-0.2, 0) is 11.2 Å². The number of hydrogen-bond donors (Lipinski definition) is 0. The number of Topliss-reactive ketones (excluding diaryl/α,β-unsaturated/α-hetero) is 1. The van der Waals surface area contributed by atoms with Gasteiger partial charge in [0.1, 0.15) is 11.6 Å². The lowest BCUT2D eigenvalue weighted by Gasteiger charge is -2.35. The van der Waals surface area contributed by atoms with Gasteiger partial charge >= 0.3 is 0 Å². The molecule has 3 nitrogen and oxygen atoms in total. The second-order valence-corrected chi connectivity index (χ2v) is 10.9. The molecule has 4 heteroatoms. The Morgan fingerprint density at radius 2 is 1.65 bits per heavy atom. The van der Waals surface area contributed by atoms with E-state index in [-0.39, 0.29) is 11.6 Å². The third-order valence-electron chi connectivity index (χ3n) is 5.75. The number of aryl methyl sites for hydroxylation is 1. The van der Waals surface area contributed by atoms with Gasteiger partial charge < -0.3 is 9.47 Å². The van der Waals surface area contributed by atoms with E-state index in [0.717, 1.165) is 34.2 Å². The molecular weight excluding hydrogens is 423 g/mol. The van der Waals surface area contributed by atoms with Gasteiger partial charge in [-0.2, -0.15) is 0 Å². The second kappa shape index (κ2) is 10.5. The van der Waals surface area contributed by atoms with E-state index in [9.17, 15) is 9.18 Å². The maximum atomic E-state index is 13.5. The molecule has 0 saturated carbocycles. The minimum absolute atomic E-state index is 0.135. The molecule has 0 saturated heterocycles. The molecule has 1 aliphatic rings. The van der Waals surface area contributed by atoms with E-state index in [0.29, 0.717) is 17.9 Å². The van der Waals surface area contributed by atoms with Gasteiger partial charge in [0.15, 0.2) is 0 Å². The number of anilines is 1. The number of aromatic nitrogens is 1. The van der Waals surface area contributed by atoms with Crippen molar-refractivity contribution in [3.8, 4) is 24.0 Å². The van der Waals surface area contributed by atoms with Crippen LogP contribution in [-0.4, -0.2) is 23.9 Å². The van der Waals surface area contributed by atoms with Gasteiger partial charge in [-0.15, -0.1) is 12.8 Å². The quantitative estimate of drug-likeness (QED) is 0.376. The van der Waals surface area contributed by atoms with Gasteiger partial charge in [-0.05, 0) is 73.6 Å². The van der Waals surface area contributed by atoms with Crippen LogP contribution in [0.2, 0.25) is 0 Å². The maximum Gasteiger partial charge on any atom is 0.134 e. The molecule has 1 atom stereocenters. The van der Waals surface area contributed by atoms with E-state index >= 15 is 0 Å². The van der Waals surface area contributed by atoms with Crippen LogP contribution in [0.1, 0.15) is 64.4 Å². The van der Waals surface area contributed by atoms with Crippen LogP contribution >= 0.6 is 0 Å². The highest BCUT2D eigenvalue weighted by Gasteiger charge is 2.29. The Morgan fingerprint density at radius 1 is 1.12 bits per heavy atom. The molecule has 1 unspecified atom stereocenters. The smallest absolute Gasteiger partial charge is 0.134 e. The van der Waals surface area contributed by atoms with Gasteiger partial charge in [-0.1, -0.05) is 39.8 Å². The zero-order valence-corrected chi connectivity index (χ0v) is 22.2. The minimum atomic E-state index is -0.250. The molecule has 0 bridgehead atoms. The molecule has 0 spiro atoms. The summed E-state index contributed by atoms with van der Waals surface area (Å²) in [5, 5.41) is 1.15. The van der Waals surface area contributed by atoms with E-state index in [4.69, 9.17) is 0 Å². The molecule has 4 rings (SSSR count). The Balaban J connectivity index is 0.000000520. The van der Waals surface area contributed by atoms with Gasteiger partial charge in [0.2, 0.25) is 0 Å². The average molecular weight is 463 g/mol. The molecule has 0 amide bonds. The fraction of sp³-hybridized carbons (Fsp3) is 0.433. The third-order valence-corrected chi connectivity index (χ3v) is 5.75. The standard InChI is InChI=1S/C23H25FN2O.C5H12.C2H2/c1-13-10-20-21(17-6-8-18(24)9-7-17)19(11-15(3)27)16(4)22-23(20)26(13)14(2)12-25(22)5;1-5(2,3)4;1-2/h6-10,14H,11-12H2,1-5H3;1-4H3;1-2H. The topological polar surface area (TPSA) is 25.2 Å². The van der Waals surface area contributed by atoms with Crippen LogP contribution < -0.4 is 4.90 Å². The van der Waals surface area contributed by atoms with Crippen LogP contribution in [0.4, 0.5) is 10.1 Å². The maximum absolute atomic E-state index is 13.5. The summed E-state index contributed by atoms with van der Waals surface area (Å²) < 4.78 is 15.9. The van der Waals surface area contributed by atoms with Crippen LogP contribution in [0.25, 0.3) is 22.0 Å². The molecule has 0 fully saturated rings. The van der Waals surface area contributed by atoms with Gasteiger partial charge in [-0.3, -0.25) is 4.79 Å². The number of likely N-dealkylation sites (N-methyl/N-ethyl adjacent to an activating group) is 1. The van der Waals surface area contributed by atoms with E-state index in [1.54, 1.807) is 6.92 Å². The number of halogens is 1. The Bertz CT molecular complexity index is 1190. The van der Waals surface area contributed by atoms with Gasteiger partial charge in [0.05, 0.1) is 11.2 Å². The minimum Gasteiger partial charge on any atom is -0.371 e.